The normalized spacial score (nSPS) is 17.0. The minimum atomic E-state index is 0.262. The molecular formula is C15H20O4. The monoisotopic (exact) mass is 264 g/mol. The van der Waals surface area contributed by atoms with Crippen molar-refractivity contribution >= 4 is 0 Å². The standard InChI is InChI=1S/C15H20O4/c1-12(2)17-8-7-16-9-13-5-3-4-6-15(13)19-11-14-10-18-14/h3-6,14H,1,7-11H2,2H3. The zero-order valence-electron chi connectivity index (χ0n) is 11.3. The van der Waals surface area contributed by atoms with Crippen LogP contribution in [-0.2, 0) is 20.8 Å². The third kappa shape index (κ3) is 5.32. The summed E-state index contributed by atoms with van der Waals surface area (Å²) in [4.78, 5) is 0. The molecule has 0 amide bonds. The van der Waals surface area contributed by atoms with Gasteiger partial charge in [-0.1, -0.05) is 24.8 Å². The van der Waals surface area contributed by atoms with E-state index in [1.54, 1.807) is 0 Å². The lowest BCUT2D eigenvalue weighted by Gasteiger charge is -2.11. The summed E-state index contributed by atoms with van der Waals surface area (Å²) >= 11 is 0. The lowest BCUT2D eigenvalue weighted by molar-refractivity contribution is 0.0658. The summed E-state index contributed by atoms with van der Waals surface area (Å²) in [6.07, 6.45) is 0.262. The first-order valence-corrected chi connectivity index (χ1v) is 6.44. The van der Waals surface area contributed by atoms with Gasteiger partial charge in [0.25, 0.3) is 0 Å². The predicted octanol–water partition coefficient (Wildman–Crippen LogP) is 2.53. The van der Waals surface area contributed by atoms with Crippen LogP contribution in [-0.4, -0.2) is 32.5 Å². The molecule has 0 aliphatic carbocycles. The van der Waals surface area contributed by atoms with Crippen molar-refractivity contribution < 1.29 is 18.9 Å². The Kier molecular flexibility index (Phi) is 5.24. The highest BCUT2D eigenvalue weighted by Gasteiger charge is 2.23. The first-order valence-electron chi connectivity index (χ1n) is 6.44. The van der Waals surface area contributed by atoms with Gasteiger partial charge >= 0.3 is 0 Å². The summed E-state index contributed by atoms with van der Waals surface area (Å²) in [6, 6.07) is 7.88. The van der Waals surface area contributed by atoms with Crippen LogP contribution < -0.4 is 4.74 Å². The van der Waals surface area contributed by atoms with Crippen molar-refractivity contribution in [3.05, 3.63) is 42.2 Å². The van der Waals surface area contributed by atoms with Gasteiger partial charge in [-0.2, -0.15) is 0 Å². The molecule has 19 heavy (non-hydrogen) atoms. The maximum Gasteiger partial charge on any atom is 0.124 e. The highest BCUT2D eigenvalue weighted by molar-refractivity contribution is 5.32. The highest BCUT2D eigenvalue weighted by atomic mass is 16.6. The van der Waals surface area contributed by atoms with Crippen molar-refractivity contribution in [3.8, 4) is 5.75 Å². The first kappa shape index (κ1) is 13.9. The molecule has 1 aliphatic heterocycles. The summed E-state index contributed by atoms with van der Waals surface area (Å²) in [7, 11) is 0. The van der Waals surface area contributed by atoms with Gasteiger partial charge in [0.2, 0.25) is 0 Å². The van der Waals surface area contributed by atoms with Crippen LogP contribution in [0.4, 0.5) is 0 Å². The minimum absolute atomic E-state index is 0.262. The summed E-state index contributed by atoms with van der Waals surface area (Å²) in [6.45, 7) is 8.47. The van der Waals surface area contributed by atoms with Gasteiger partial charge in [0, 0.05) is 5.56 Å². The van der Waals surface area contributed by atoms with Crippen molar-refractivity contribution in [2.45, 2.75) is 19.6 Å². The fourth-order valence-electron chi connectivity index (χ4n) is 1.57. The number of rotatable bonds is 9. The predicted molar refractivity (Wildman–Crippen MR) is 72.1 cm³/mol. The number of epoxide rings is 1. The molecule has 1 saturated heterocycles. The van der Waals surface area contributed by atoms with Gasteiger partial charge in [0.15, 0.2) is 0 Å². The van der Waals surface area contributed by atoms with Crippen molar-refractivity contribution in [1.29, 1.82) is 0 Å². The second kappa shape index (κ2) is 7.16. The molecule has 1 heterocycles. The first-order chi connectivity index (χ1) is 9.25. The Morgan fingerprint density at radius 2 is 2.16 bits per heavy atom. The van der Waals surface area contributed by atoms with Gasteiger partial charge in [0.05, 0.1) is 25.6 Å². The molecule has 0 radical (unpaired) electrons. The number of hydrogen-bond acceptors (Lipinski definition) is 4. The highest BCUT2D eigenvalue weighted by Crippen LogP contribution is 2.20. The van der Waals surface area contributed by atoms with Crippen molar-refractivity contribution in [2.24, 2.45) is 0 Å². The van der Waals surface area contributed by atoms with Crippen LogP contribution in [0.3, 0.4) is 0 Å². The van der Waals surface area contributed by atoms with Crippen LogP contribution in [0.15, 0.2) is 36.6 Å². The van der Waals surface area contributed by atoms with E-state index in [4.69, 9.17) is 18.9 Å². The van der Waals surface area contributed by atoms with Crippen molar-refractivity contribution in [1.82, 2.24) is 0 Å². The van der Waals surface area contributed by atoms with E-state index >= 15 is 0 Å². The van der Waals surface area contributed by atoms with Gasteiger partial charge in [-0.15, -0.1) is 0 Å². The fourth-order valence-corrected chi connectivity index (χ4v) is 1.57. The van der Waals surface area contributed by atoms with E-state index in [1.807, 2.05) is 31.2 Å². The molecule has 0 N–H and O–H groups in total. The summed E-state index contributed by atoms with van der Waals surface area (Å²) in [5.41, 5.74) is 1.04. The number of para-hydroxylation sites is 1. The topological polar surface area (TPSA) is 40.2 Å². The summed E-state index contributed by atoms with van der Waals surface area (Å²) in [5.74, 6) is 1.57. The molecule has 104 valence electrons. The third-order valence-electron chi connectivity index (χ3n) is 2.63. The Balaban J connectivity index is 1.73. The fraction of sp³-hybridized carbons (Fsp3) is 0.467. The van der Waals surface area contributed by atoms with E-state index < -0.39 is 0 Å². The number of hydrogen-bond donors (Lipinski definition) is 0. The van der Waals surface area contributed by atoms with E-state index in [-0.39, 0.29) is 6.10 Å². The van der Waals surface area contributed by atoms with Gasteiger partial charge in [-0.05, 0) is 13.0 Å². The molecule has 1 aromatic carbocycles. The van der Waals surface area contributed by atoms with E-state index in [0.717, 1.165) is 17.9 Å². The van der Waals surface area contributed by atoms with Gasteiger partial charge < -0.3 is 18.9 Å². The summed E-state index contributed by atoms with van der Waals surface area (Å²) < 4.78 is 21.6. The molecule has 1 aliphatic rings. The van der Waals surface area contributed by atoms with E-state index in [9.17, 15) is 0 Å². The number of allylic oxidation sites excluding steroid dienone is 1. The van der Waals surface area contributed by atoms with Crippen molar-refractivity contribution in [3.63, 3.8) is 0 Å². The molecule has 1 aromatic rings. The molecule has 1 unspecified atom stereocenters. The van der Waals surface area contributed by atoms with Crippen LogP contribution in [0.1, 0.15) is 12.5 Å². The maximum atomic E-state index is 5.71. The smallest absolute Gasteiger partial charge is 0.124 e. The molecule has 1 atom stereocenters. The van der Waals surface area contributed by atoms with Gasteiger partial charge in [-0.25, -0.2) is 0 Å². The zero-order chi connectivity index (χ0) is 13.5. The Hall–Kier alpha value is -1.52. The molecule has 0 aromatic heterocycles. The average molecular weight is 264 g/mol. The SMILES string of the molecule is C=C(C)OCCOCc1ccccc1OCC1CO1. The van der Waals surface area contributed by atoms with Crippen LogP contribution in [0.2, 0.25) is 0 Å². The van der Waals surface area contributed by atoms with Crippen LogP contribution in [0.25, 0.3) is 0 Å². The molecule has 4 nitrogen and oxygen atoms in total. The molecule has 2 rings (SSSR count). The van der Waals surface area contributed by atoms with E-state index in [2.05, 4.69) is 6.58 Å². The quantitative estimate of drug-likeness (QED) is 0.390. The molecule has 0 bridgehead atoms. The van der Waals surface area contributed by atoms with Crippen molar-refractivity contribution in [2.75, 3.05) is 26.4 Å². The second-order valence-electron chi connectivity index (χ2n) is 4.48. The van der Waals surface area contributed by atoms with Crippen LogP contribution >= 0.6 is 0 Å². The molecule has 4 heteroatoms. The zero-order valence-corrected chi connectivity index (χ0v) is 11.3. The Labute approximate surface area is 113 Å². The lowest BCUT2D eigenvalue weighted by atomic mass is 10.2. The number of ether oxygens (including phenoxy) is 4. The summed E-state index contributed by atoms with van der Waals surface area (Å²) in [5, 5.41) is 0. The van der Waals surface area contributed by atoms with Gasteiger partial charge in [-0.3, -0.25) is 0 Å². The third-order valence-corrected chi connectivity index (χ3v) is 2.63. The lowest BCUT2D eigenvalue weighted by Crippen LogP contribution is -2.07. The molecular weight excluding hydrogens is 244 g/mol. The molecule has 1 fully saturated rings. The van der Waals surface area contributed by atoms with Gasteiger partial charge in [0.1, 0.15) is 25.1 Å². The Bertz CT molecular complexity index is 412. The largest absolute Gasteiger partial charge is 0.496 e. The Morgan fingerprint density at radius 3 is 2.89 bits per heavy atom. The number of benzene rings is 1. The molecule has 0 saturated carbocycles. The molecule has 0 spiro atoms. The van der Waals surface area contributed by atoms with Crippen LogP contribution in [0.5, 0.6) is 5.75 Å². The second-order valence-corrected chi connectivity index (χ2v) is 4.48. The maximum absolute atomic E-state index is 5.71. The average Bonchev–Trinajstić information content (AvgIpc) is 3.21. The van der Waals surface area contributed by atoms with E-state index in [0.29, 0.717) is 32.2 Å². The van der Waals surface area contributed by atoms with E-state index in [1.165, 1.54) is 0 Å². The Morgan fingerprint density at radius 1 is 1.37 bits per heavy atom. The van der Waals surface area contributed by atoms with Crippen LogP contribution in [0, 0.1) is 0 Å². The minimum Gasteiger partial charge on any atom is -0.496 e.